The van der Waals surface area contributed by atoms with Gasteiger partial charge >= 0.3 is 18.6 Å². The van der Waals surface area contributed by atoms with Gasteiger partial charge in [0.15, 0.2) is 11.8 Å². The lowest BCUT2D eigenvalue weighted by Crippen LogP contribution is -2.61. The molecule has 2 fully saturated rings. The highest BCUT2D eigenvalue weighted by Crippen LogP contribution is 2.47. The molecule has 1 unspecified atom stereocenters. The van der Waals surface area contributed by atoms with E-state index in [9.17, 15) is 24.6 Å². The molecule has 1 aromatic rings. The molecule has 3 rings (SSSR count). The Labute approximate surface area is 242 Å². The van der Waals surface area contributed by atoms with Gasteiger partial charge in [0.1, 0.15) is 24.0 Å². The number of urea groups is 1. The summed E-state index contributed by atoms with van der Waals surface area (Å²) in [5.74, 6) is 2.10. The third kappa shape index (κ3) is 7.96. The topological polar surface area (TPSA) is 156 Å². The third-order valence-corrected chi connectivity index (χ3v) is 9.09. The molecule has 4 N–H and O–H groups in total. The number of nitrogens with zero attached hydrogens (tertiary/aromatic N) is 1. The molecule has 12 nitrogen and oxygen atoms in total. The van der Waals surface area contributed by atoms with Crippen LogP contribution < -0.4 is 14.9 Å². The molecule has 1 aromatic carbocycles. The molecule has 0 radical (unpaired) electrons. The number of terminal acetylenes is 1. The van der Waals surface area contributed by atoms with Crippen LogP contribution in [-0.2, 0) is 35.4 Å². The number of benzene rings is 1. The number of rotatable bonds is 13. The molecule has 2 saturated heterocycles. The third-order valence-electron chi connectivity index (χ3n) is 6.02. The molecule has 2 aliphatic rings. The van der Waals surface area contributed by atoms with Crippen molar-refractivity contribution in [3.63, 3.8) is 0 Å². The lowest BCUT2D eigenvalue weighted by molar-refractivity contribution is -0.149. The first-order chi connectivity index (χ1) is 18.9. The van der Waals surface area contributed by atoms with Crippen LogP contribution in [0.25, 0.3) is 0 Å². The maximum Gasteiger partial charge on any atom is 0.326 e. The van der Waals surface area contributed by atoms with Crippen LogP contribution in [-0.4, -0.2) is 94.4 Å². The van der Waals surface area contributed by atoms with E-state index < -0.39 is 61.2 Å². The van der Waals surface area contributed by atoms with Crippen molar-refractivity contribution in [2.45, 2.75) is 62.9 Å². The van der Waals surface area contributed by atoms with Gasteiger partial charge in [-0.25, -0.2) is 9.88 Å². The van der Waals surface area contributed by atoms with E-state index in [4.69, 9.17) is 36.8 Å². The summed E-state index contributed by atoms with van der Waals surface area (Å²) >= 11 is 7.31. The van der Waals surface area contributed by atoms with Gasteiger partial charge in [-0.3, -0.25) is 19.8 Å². The van der Waals surface area contributed by atoms with Gasteiger partial charge in [-0.2, -0.15) is 11.8 Å². The van der Waals surface area contributed by atoms with Crippen molar-refractivity contribution in [2.24, 2.45) is 0 Å². The lowest BCUT2D eigenvalue weighted by Gasteiger charge is -2.36. The summed E-state index contributed by atoms with van der Waals surface area (Å²) in [6.07, 6.45) is 3.03. The first kappa shape index (κ1) is 32.3. The summed E-state index contributed by atoms with van der Waals surface area (Å²) in [5.41, 5.74) is -2.30. The second kappa shape index (κ2) is 14.1. The Morgan fingerprint density at radius 3 is 2.70 bits per heavy atom. The van der Waals surface area contributed by atoms with Crippen LogP contribution in [0.2, 0.25) is 0 Å². The second-order valence-corrected chi connectivity index (χ2v) is 13.5. The fourth-order valence-electron chi connectivity index (χ4n) is 4.03. The van der Waals surface area contributed by atoms with Gasteiger partial charge in [0, 0.05) is 13.0 Å². The van der Waals surface area contributed by atoms with Crippen LogP contribution in [0.1, 0.15) is 26.7 Å². The SMILES string of the molecule is C#C[C@@]1(O)[C@H](O)[C@@H](COP(=S)(N[C@@H](CCSC)C(=O)OC(C)C)Oc2ccccc2)O[C@H]1N1CCC(=O)NC1=O. The molecule has 6 atom stereocenters. The van der Waals surface area contributed by atoms with E-state index in [1.54, 1.807) is 44.2 Å². The number of hydrogen-bond donors (Lipinski definition) is 4. The molecule has 15 heteroatoms. The van der Waals surface area contributed by atoms with E-state index >= 15 is 0 Å². The van der Waals surface area contributed by atoms with Crippen LogP contribution in [0.15, 0.2) is 30.3 Å². The molecule has 0 aliphatic carbocycles. The second-order valence-electron chi connectivity index (χ2n) is 9.38. The number of amides is 3. The van der Waals surface area contributed by atoms with Crippen molar-refractivity contribution in [3.05, 3.63) is 30.3 Å². The minimum Gasteiger partial charge on any atom is -0.462 e. The van der Waals surface area contributed by atoms with Crippen molar-refractivity contribution in [1.82, 2.24) is 15.3 Å². The molecule has 0 saturated carbocycles. The zero-order valence-corrected chi connectivity index (χ0v) is 24.9. The van der Waals surface area contributed by atoms with Gasteiger partial charge in [-0.05, 0) is 56.2 Å². The number of imide groups is 1. The zero-order chi connectivity index (χ0) is 29.5. The van der Waals surface area contributed by atoms with E-state index in [0.29, 0.717) is 17.9 Å². The van der Waals surface area contributed by atoms with E-state index in [1.165, 1.54) is 11.8 Å². The molecular weight excluding hydrogens is 581 g/mol. The van der Waals surface area contributed by atoms with Gasteiger partial charge in [0.2, 0.25) is 5.91 Å². The van der Waals surface area contributed by atoms with Crippen molar-refractivity contribution in [2.75, 3.05) is 25.2 Å². The molecule has 220 valence electrons. The monoisotopic (exact) mass is 615 g/mol. The maximum atomic E-state index is 12.9. The number of thioether (sulfide) groups is 1. The summed E-state index contributed by atoms with van der Waals surface area (Å²) in [4.78, 5) is 37.9. The van der Waals surface area contributed by atoms with Crippen molar-refractivity contribution < 1.29 is 43.1 Å². The summed E-state index contributed by atoms with van der Waals surface area (Å²) < 4.78 is 23.3. The summed E-state index contributed by atoms with van der Waals surface area (Å²) in [7, 11) is 0. The van der Waals surface area contributed by atoms with Gasteiger partial charge in [-0.1, -0.05) is 24.1 Å². The Hall–Kier alpha value is -2.21. The maximum absolute atomic E-state index is 12.9. The first-order valence-electron chi connectivity index (χ1n) is 12.5. The van der Waals surface area contributed by atoms with Crippen LogP contribution in [0.3, 0.4) is 0 Å². The van der Waals surface area contributed by atoms with E-state index in [2.05, 4.69) is 16.3 Å². The average molecular weight is 616 g/mol. The number of aliphatic hydroxyl groups excluding tert-OH is 1. The van der Waals surface area contributed by atoms with Gasteiger partial charge in [-0.15, -0.1) is 6.42 Å². The molecular formula is C25H34N3O9PS2. The molecule has 2 aliphatic heterocycles. The van der Waals surface area contributed by atoms with Crippen molar-refractivity contribution in [1.29, 1.82) is 0 Å². The number of carbonyl (C=O) groups excluding carboxylic acids is 3. The molecule has 3 amide bonds. The fourth-order valence-corrected chi connectivity index (χ4v) is 6.86. The van der Waals surface area contributed by atoms with E-state index in [0.717, 1.165) is 4.90 Å². The van der Waals surface area contributed by atoms with E-state index in [-0.39, 0.29) is 19.1 Å². The molecule has 0 bridgehead atoms. The number of esters is 1. The van der Waals surface area contributed by atoms with Crippen LogP contribution >= 0.6 is 18.4 Å². The Balaban J connectivity index is 1.83. The number of para-hydroxylation sites is 1. The highest BCUT2D eigenvalue weighted by molar-refractivity contribution is 8.09. The average Bonchev–Trinajstić information content (AvgIpc) is 3.15. The number of hydrogen-bond acceptors (Lipinski definition) is 11. The largest absolute Gasteiger partial charge is 0.462 e. The summed E-state index contributed by atoms with van der Waals surface area (Å²) in [6.45, 7) is -0.552. The van der Waals surface area contributed by atoms with Gasteiger partial charge in [0.05, 0.1) is 12.7 Å². The molecule has 0 spiro atoms. The highest BCUT2D eigenvalue weighted by Gasteiger charge is 2.58. The lowest BCUT2D eigenvalue weighted by atomic mass is 9.94. The number of ether oxygens (including phenoxy) is 2. The summed E-state index contributed by atoms with van der Waals surface area (Å²) in [6, 6.07) is 6.93. The zero-order valence-electron chi connectivity index (χ0n) is 22.3. The van der Waals surface area contributed by atoms with Crippen LogP contribution in [0.4, 0.5) is 4.79 Å². The quantitative estimate of drug-likeness (QED) is 0.144. The van der Waals surface area contributed by atoms with Crippen molar-refractivity contribution in [3.8, 4) is 18.1 Å². The minimum absolute atomic E-state index is 0.0386. The van der Waals surface area contributed by atoms with Gasteiger partial charge < -0.3 is 28.7 Å². The number of aliphatic hydroxyl groups is 2. The standard InChI is InChI=1S/C25H34N3O9PS2/c1-5-25(33)21(30)19(36-23(25)28-13-11-20(29)26-24(28)32)15-34-38(39,37-17-9-7-6-8-10-17)27-18(12-14-40-4)22(31)35-16(2)3/h1,6-10,16,18-19,21,23,30,33H,11-15H2,2-4H3,(H,27,39)(H,26,29,32)/t18-,19+,21+,23+,25+,38?/m0/s1. The Morgan fingerprint density at radius 2 is 2.10 bits per heavy atom. The van der Waals surface area contributed by atoms with E-state index in [1.807, 2.05) is 6.26 Å². The Morgan fingerprint density at radius 1 is 1.40 bits per heavy atom. The molecule has 40 heavy (non-hydrogen) atoms. The molecule has 2 heterocycles. The predicted molar refractivity (Wildman–Crippen MR) is 152 cm³/mol. The smallest absolute Gasteiger partial charge is 0.326 e. The number of nitrogens with one attached hydrogen (secondary N) is 2. The van der Waals surface area contributed by atoms with Crippen molar-refractivity contribution >= 4 is 48.1 Å². The summed E-state index contributed by atoms with van der Waals surface area (Å²) in [5, 5.41) is 27.2. The van der Waals surface area contributed by atoms with Gasteiger partial charge in [0.25, 0.3) is 0 Å². The Kier molecular flexibility index (Phi) is 11.4. The normalized spacial score (nSPS) is 27.0. The minimum atomic E-state index is -3.53. The predicted octanol–water partition coefficient (Wildman–Crippen LogP) is 1.36. The van der Waals surface area contributed by atoms with Crippen LogP contribution in [0, 0.1) is 12.3 Å². The molecule has 0 aromatic heterocycles. The highest BCUT2D eigenvalue weighted by atomic mass is 32.5. The first-order valence-corrected chi connectivity index (χ1v) is 16.6. The fraction of sp³-hybridized carbons (Fsp3) is 0.560. The number of carbonyl (C=O) groups is 3. The Bertz CT molecular complexity index is 1150. The van der Waals surface area contributed by atoms with Crippen LogP contribution in [0.5, 0.6) is 5.75 Å².